The van der Waals surface area contributed by atoms with Gasteiger partial charge in [0.25, 0.3) is 0 Å². The highest BCUT2D eigenvalue weighted by atomic mass is 32.2. The summed E-state index contributed by atoms with van der Waals surface area (Å²) in [5, 5.41) is 12.3. The van der Waals surface area contributed by atoms with Crippen LogP contribution in [0.15, 0.2) is 23.1 Å². The molecule has 0 aliphatic carbocycles. The first-order chi connectivity index (χ1) is 8.51. The van der Waals surface area contributed by atoms with E-state index in [9.17, 15) is 10.1 Å². The molecule has 5 heteroatoms. The van der Waals surface area contributed by atoms with Gasteiger partial charge in [-0.05, 0) is 24.3 Å². The Balaban J connectivity index is 3.11. The van der Waals surface area contributed by atoms with Gasteiger partial charge in [0.1, 0.15) is 12.1 Å². The Labute approximate surface area is 112 Å². The summed E-state index contributed by atoms with van der Waals surface area (Å²) >= 11 is 1.50. The molecule has 0 radical (unpaired) electrons. The second-order valence-corrected chi connectivity index (χ2v) is 5.11. The van der Waals surface area contributed by atoms with E-state index in [2.05, 4.69) is 11.4 Å². The second kappa shape index (κ2) is 6.31. The number of primary amides is 1. The quantitative estimate of drug-likeness (QED) is 0.798. The summed E-state index contributed by atoms with van der Waals surface area (Å²) in [6.07, 6.45) is 1.91. The number of nitriles is 1. The third-order valence-electron chi connectivity index (χ3n) is 2.64. The molecular formula is C13H17N3OS. The van der Waals surface area contributed by atoms with Gasteiger partial charge in [-0.2, -0.15) is 5.26 Å². The lowest BCUT2D eigenvalue weighted by atomic mass is 10.0. The average molecular weight is 263 g/mol. The zero-order valence-electron chi connectivity index (χ0n) is 10.7. The van der Waals surface area contributed by atoms with Crippen molar-refractivity contribution in [2.24, 2.45) is 11.7 Å². The minimum Gasteiger partial charge on any atom is -0.372 e. The molecular weight excluding hydrogens is 246 g/mol. The molecule has 0 aliphatic rings. The van der Waals surface area contributed by atoms with E-state index < -0.39 is 11.9 Å². The maximum atomic E-state index is 11.4. The number of hydrogen-bond donors (Lipinski definition) is 2. The number of thioether (sulfide) groups is 1. The van der Waals surface area contributed by atoms with Crippen molar-refractivity contribution >= 4 is 23.4 Å². The van der Waals surface area contributed by atoms with E-state index in [-0.39, 0.29) is 5.92 Å². The molecule has 3 N–H and O–H groups in total. The predicted molar refractivity (Wildman–Crippen MR) is 74.4 cm³/mol. The highest BCUT2D eigenvalue weighted by molar-refractivity contribution is 7.98. The number of carbonyl (C=O) groups excluding carboxylic acids is 1. The maximum absolute atomic E-state index is 11.4. The van der Waals surface area contributed by atoms with Gasteiger partial charge in [0, 0.05) is 4.90 Å². The number of rotatable bonds is 5. The number of benzene rings is 1. The van der Waals surface area contributed by atoms with E-state index in [0.717, 1.165) is 4.90 Å². The Kier molecular flexibility index (Phi) is 5.05. The molecule has 1 atom stereocenters. The first-order valence-electron chi connectivity index (χ1n) is 5.64. The van der Waals surface area contributed by atoms with Crippen molar-refractivity contribution in [2.75, 3.05) is 11.6 Å². The van der Waals surface area contributed by atoms with Crippen LogP contribution in [0.4, 0.5) is 5.69 Å². The first kappa shape index (κ1) is 14.4. The topological polar surface area (TPSA) is 78.9 Å². The van der Waals surface area contributed by atoms with Crippen molar-refractivity contribution in [3.63, 3.8) is 0 Å². The fourth-order valence-electron chi connectivity index (χ4n) is 1.67. The van der Waals surface area contributed by atoms with Gasteiger partial charge in [0.05, 0.1) is 11.3 Å². The lowest BCUT2D eigenvalue weighted by Crippen LogP contribution is -2.39. The van der Waals surface area contributed by atoms with Crippen LogP contribution in [-0.2, 0) is 4.79 Å². The number of amides is 1. The molecule has 0 heterocycles. The standard InChI is InChI=1S/C13H17N3OS/c1-8(2)12(13(15)17)16-10-5-4-6-11(18-3)9(10)7-14/h4-6,8,12,16H,1-3H3,(H2,15,17). The van der Waals surface area contributed by atoms with Gasteiger partial charge < -0.3 is 11.1 Å². The molecule has 1 unspecified atom stereocenters. The van der Waals surface area contributed by atoms with Gasteiger partial charge in [-0.3, -0.25) is 4.79 Å². The van der Waals surface area contributed by atoms with E-state index in [0.29, 0.717) is 11.3 Å². The van der Waals surface area contributed by atoms with Crippen molar-refractivity contribution in [3.8, 4) is 6.07 Å². The van der Waals surface area contributed by atoms with Gasteiger partial charge >= 0.3 is 0 Å². The Morgan fingerprint density at radius 3 is 2.61 bits per heavy atom. The van der Waals surface area contributed by atoms with Gasteiger partial charge in [0.2, 0.25) is 5.91 Å². The molecule has 1 aromatic rings. The highest BCUT2D eigenvalue weighted by Gasteiger charge is 2.20. The lowest BCUT2D eigenvalue weighted by Gasteiger charge is -2.21. The molecule has 1 rings (SSSR count). The summed E-state index contributed by atoms with van der Waals surface area (Å²) in [6, 6.07) is 7.21. The molecule has 0 saturated carbocycles. The van der Waals surface area contributed by atoms with Crippen LogP contribution < -0.4 is 11.1 Å². The lowest BCUT2D eigenvalue weighted by molar-refractivity contribution is -0.119. The Morgan fingerprint density at radius 2 is 2.17 bits per heavy atom. The molecule has 0 aliphatic heterocycles. The minimum atomic E-state index is -0.478. The number of nitrogens with one attached hydrogen (secondary N) is 1. The molecule has 0 spiro atoms. The third-order valence-corrected chi connectivity index (χ3v) is 3.42. The predicted octanol–water partition coefficient (Wildman–Crippen LogP) is 2.20. The summed E-state index contributed by atoms with van der Waals surface area (Å²) in [4.78, 5) is 12.3. The Morgan fingerprint density at radius 1 is 1.50 bits per heavy atom. The van der Waals surface area contributed by atoms with Gasteiger partial charge in [-0.1, -0.05) is 19.9 Å². The van der Waals surface area contributed by atoms with Crippen LogP contribution in [0.1, 0.15) is 19.4 Å². The van der Waals surface area contributed by atoms with Crippen LogP contribution in [-0.4, -0.2) is 18.2 Å². The van der Waals surface area contributed by atoms with Crippen LogP contribution >= 0.6 is 11.8 Å². The smallest absolute Gasteiger partial charge is 0.240 e. The summed E-state index contributed by atoms with van der Waals surface area (Å²) < 4.78 is 0. The molecule has 0 bridgehead atoms. The molecule has 96 valence electrons. The van der Waals surface area contributed by atoms with Crippen molar-refractivity contribution in [1.82, 2.24) is 0 Å². The van der Waals surface area contributed by atoms with Crippen LogP contribution in [0, 0.1) is 17.2 Å². The van der Waals surface area contributed by atoms with E-state index in [4.69, 9.17) is 5.73 Å². The van der Waals surface area contributed by atoms with Crippen LogP contribution in [0.3, 0.4) is 0 Å². The molecule has 0 saturated heterocycles. The van der Waals surface area contributed by atoms with Gasteiger partial charge in [-0.25, -0.2) is 0 Å². The van der Waals surface area contributed by atoms with Crippen molar-refractivity contribution < 1.29 is 4.79 Å². The molecule has 1 amide bonds. The SMILES string of the molecule is CSc1cccc(NC(C(N)=O)C(C)C)c1C#N. The Hall–Kier alpha value is -1.67. The van der Waals surface area contributed by atoms with Crippen LogP contribution in [0.25, 0.3) is 0 Å². The maximum Gasteiger partial charge on any atom is 0.240 e. The fraction of sp³-hybridized carbons (Fsp3) is 0.385. The Bertz CT molecular complexity index is 480. The molecule has 0 fully saturated rings. The zero-order valence-corrected chi connectivity index (χ0v) is 11.5. The van der Waals surface area contributed by atoms with Crippen molar-refractivity contribution in [1.29, 1.82) is 5.26 Å². The van der Waals surface area contributed by atoms with Crippen molar-refractivity contribution in [2.45, 2.75) is 24.8 Å². The summed E-state index contributed by atoms with van der Waals surface area (Å²) in [5.41, 5.74) is 6.57. The van der Waals surface area contributed by atoms with Crippen molar-refractivity contribution in [3.05, 3.63) is 23.8 Å². The third kappa shape index (κ3) is 3.17. The van der Waals surface area contributed by atoms with Gasteiger partial charge in [-0.15, -0.1) is 11.8 Å². The number of carbonyl (C=O) groups is 1. The minimum absolute atomic E-state index is 0.0620. The second-order valence-electron chi connectivity index (χ2n) is 4.26. The summed E-state index contributed by atoms with van der Waals surface area (Å²) in [6.45, 7) is 3.82. The van der Waals surface area contributed by atoms with Crippen LogP contribution in [0.2, 0.25) is 0 Å². The molecule has 18 heavy (non-hydrogen) atoms. The van der Waals surface area contributed by atoms with Crippen LogP contribution in [0.5, 0.6) is 0 Å². The molecule has 4 nitrogen and oxygen atoms in total. The number of nitrogens with zero attached hydrogens (tertiary/aromatic N) is 1. The highest BCUT2D eigenvalue weighted by Crippen LogP contribution is 2.27. The average Bonchev–Trinajstić information content (AvgIpc) is 2.34. The fourth-order valence-corrected chi connectivity index (χ4v) is 2.25. The zero-order chi connectivity index (χ0) is 13.7. The summed E-state index contributed by atoms with van der Waals surface area (Å²) in [5.74, 6) is -0.351. The van der Waals surface area contributed by atoms with Gasteiger partial charge in [0.15, 0.2) is 0 Å². The largest absolute Gasteiger partial charge is 0.372 e. The molecule has 1 aromatic carbocycles. The van der Waals surface area contributed by atoms with E-state index in [1.807, 2.05) is 32.2 Å². The number of nitrogens with two attached hydrogens (primary N) is 1. The molecule has 0 aromatic heterocycles. The number of anilines is 1. The normalized spacial score (nSPS) is 11.9. The van der Waals surface area contributed by atoms with E-state index in [1.54, 1.807) is 6.07 Å². The van der Waals surface area contributed by atoms with E-state index in [1.165, 1.54) is 11.8 Å². The van der Waals surface area contributed by atoms with E-state index >= 15 is 0 Å². The monoisotopic (exact) mass is 263 g/mol. The first-order valence-corrected chi connectivity index (χ1v) is 6.86. The summed E-state index contributed by atoms with van der Waals surface area (Å²) in [7, 11) is 0. The number of hydrogen-bond acceptors (Lipinski definition) is 4.